The Morgan fingerprint density at radius 1 is 1.28 bits per heavy atom. The second-order valence-corrected chi connectivity index (χ2v) is 11.3. The highest BCUT2D eigenvalue weighted by molar-refractivity contribution is 9.10. The van der Waals surface area contributed by atoms with Gasteiger partial charge in [-0.05, 0) is 72.2 Å². The van der Waals surface area contributed by atoms with Crippen molar-refractivity contribution in [2.24, 2.45) is 4.99 Å². The fraction of sp³-hybridized carbons (Fsp3) is 0.192. The number of hydrogen-bond acceptors (Lipinski definition) is 9. The van der Waals surface area contributed by atoms with Crippen molar-refractivity contribution in [1.82, 2.24) is 14.5 Å². The Kier molecular flexibility index (Phi) is 7.56. The van der Waals surface area contributed by atoms with Crippen molar-refractivity contribution < 1.29 is 18.3 Å². The van der Waals surface area contributed by atoms with Crippen LogP contribution in [0.15, 0.2) is 81.4 Å². The predicted molar refractivity (Wildman–Crippen MR) is 147 cm³/mol. The zero-order chi connectivity index (χ0) is 27.8. The summed E-state index contributed by atoms with van der Waals surface area (Å²) in [6.45, 7) is 5.24. The number of benzene rings is 1. The van der Waals surface area contributed by atoms with Gasteiger partial charge >= 0.3 is 5.97 Å². The second-order valence-electron chi connectivity index (χ2n) is 8.43. The number of nitrogens with zero attached hydrogens (tertiary/aromatic N) is 3. The summed E-state index contributed by atoms with van der Waals surface area (Å²) in [5.41, 5.74) is 1.06. The van der Waals surface area contributed by atoms with E-state index in [2.05, 4.69) is 30.9 Å². The molecule has 39 heavy (non-hydrogen) atoms. The molecule has 1 atom stereocenters. The van der Waals surface area contributed by atoms with E-state index in [0.29, 0.717) is 46.8 Å². The number of furan rings is 1. The number of fused-ring (bicyclic) bond motifs is 1. The van der Waals surface area contributed by atoms with Gasteiger partial charge in [0.2, 0.25) is 0 Å². The molecular formula is C26H20BrFN4O5S2. The van der Waals surface area contributed by atoms with Gasteiger partial charge in [0.25, 0.3) is 11.1 Å². The molecule has 0 spiro atoms. The number of thiazole rings is 1. The van der Waals surface area contributed by atoms with Crippen LogP contribution in [0.4, 0.5) is 4.39 Å². The first kappa shape index (κ1) is 27.0. The summed E-state index contributed by atoms with van der Waals surface area (Å²) in [5.74, 6) is -0.655. The Morgan fingerprint density at radius 2 is 2.03 bits per heavy atom. The van der Waals surface area contributed by atoms with Crippen LogP contribution >= 0.6 is 39.0 Å². The van der Waals surface area contributed by atoms with Crippen molar-refractivity contribution in [2.75, 3.05) is 6.61 Å². The van der Waals surface area contributed by atoms with E-state index < -0.39 is 23.4 Å². The van der Waals surface area contributed by atoms with Crippen LogP contribution in [0.2, 0.25) is 0 Å². The summed E-state index contributed by atoms with van der Waals surface area (Å²) >= 11 is 5.71. The number of allylic oxidation sites excluding steroid dienone is 1. The van der Waals surface area contributed by atoms with Crippen LogP contribution in [-0.4, -0.2) is 27.1 Å². The minimum Gasteiger partial charge on any atom is -0.463 e. The molecule has 4 aromatic rings. The quantitative estimate of drug-likeness (QED) is 0.254. The van der Waals surface area contributed by atoms with Gasteiger partial charge in [-0.3, -0.25) is 14.2 Å². The van der Waals surface area contributed by atoms with E-state index in [9.17, 15) is 18.8 Å². The molecule has 13 heteroatoms. The largest absolute Gasteiger partial charge is 0.463 e. The summed E-state index contributed by atoms with van der Waals surface area (Å²) in [6.07, 6.45) is 1.58. The monoisotopic (exact) mass is 630 g/mol. The molecule has 0 bridgehead atoms. The number of hydrogen-bond donors (Lipinski definition) is 1. The fourth-order valence-electron chi connectivity index (χ4n) is 4.08. The number of carbonyl (C=O) groups is 1. The maximum atomic E-state index is 13.7. The van der Waals surface area contributed by atoms with Crippen LogP contribution < -0.4 is 20.5 Å². The lowest BCUT2D eigenvalue weighted by Crippen LogP contribution is -2.39. The number of aromatic amines is 1. The normalized spacial score (nSPS) is 15.3. The topological polar surface area (TPSA) is 120 Å². The van der Waals surface area contributed by atoms with E-state index in [0.717, 1.165) is 23.1 Å². The van der Waals surface area contributed by atoms with E-state index >= 15 is 0 Å². The summed E-state index contributed by atoms with van der Waals surface area (Å²) < 4.78 is 27.2. The molecule has 200 valence electrons. The first-order valence-electron chi connectivity index (χ1n) is 11.6. The molecule has 0 saturated heterocycles. The first-order chi connectivity index (χ1) is 18.6. The highest BCUT2D eigenvalue weighted by atomic mass is 79.9. The van der Waals surface area contributed by atoms with Gasteiger partial charge < -0.3 is 14.1 Å². The zero-order valence-corrected chi connectivity index (χ0v) is 24.0. The minimum atomic E-state index is -0.846. The van der Waals surface area contributed by atoms with E-state index in [4.69, 9.17) is 9.15 Å². The van der Waals surface area contributed by atoms with E-state index in [1.54, 1.807) is 32.9 Å². The second kappa shape index (κ2) is 10.9. The SMILES string of the molecule is CCOC(=O)C1=C(C)N=c2s/c(=C/c3cc(Br)c(Sc4nc(C)cc(=O)[nH]4)o3)c(=O)n2[C@H]1c1ccc(F)cc1. The fourth-order valence-corrected chi connectivity index (χ4v) is 6.47. The molecule has 3 aromatic heterocycles. The molecule has 0 unspecified atom stereocenters. The summed E-state index contributed by atoms with van der Waals surface area (Å²) in [6, 6.07) is 7.86. The third kappa shape index (κ3) is 5.47. The lowest BCUT2D eigenvalue weighted by atomic mass is 9.96. The van der Waals surface area contributed by atoms with Crippen molar-refractivity contribution in [3.63, 3.8) is 0 Å². The molecule has 0 amide bonds. The summed E-state index contributed by atoms with van der Waals surface area (Å²) in [7, 11) is 0. The molecule has 1 aliphatic rings. The Balaban J connectivity index is 1.60. The van der Waals surface area contributed by atoms with Gasteiger partial charge in [-0.2, -0.15) is 0 Å². The lowest BCUT2D eigenvalue weighted by molar-refractivity contribution is -0.139. The van der Waals surface area contributed by atoms with Crippen LogP contribution in [-0.2, 0) is 9.53 Å². The number of aryl methyl sites for hydroxylation is 1. The van der Waals surface area contributed by atoms with E-state index in [-0.39, 0.29) is 17.7 Å². The number of ether oxygens (including phenoxy) is 1. The smallest absolute Gasteiger partial charge is 0.338 e. The zero-order valence-electron chi connectivity index (χ0n) is 20.8. The minimum absolute atomic E-state index is 0.149. The van der Waals surface area contributed by atoms with Gasteiger partial charge in [-0.15, -0.1) is 0 Å². The van der Waals surface area contributed by atoms with Crippen molar-refractivity contribution in [2.45, 2.75) is 37.1 Å². The molecule has 0 aliphatic carbocycles. The molecule has 1 N–H and O–H groups in total. The average molecular weight is 632 g/mol. The molecule has 0 fully saturated rings. The van der Waals surface area contributed by atoms with E-state index in [1.165, 1.54) is 34.9 Å². The Hall–Kier alpha value is -3.55. The maximum absolute atomic E-state index is 13.7. The molecule has 0 saturated carbocycles. The molecule has 1 aromatic carbocycles. The molecule has 5 rings (SSSR count). The lowest BCUT2D eigenvalue weighted by Gasteiger charge is -2.24. The van der Waals surface area contributed by atoms with Gasteiger partial charge in [-0.1, -0.05) is 23.5 Å². The Bertz CT molecular complexity index is 1870. The number of aromatic nitrogens is 3. The van der Waals surface area contributed by atoms with Gasteiger partial charge in [0, 0.05) is 17.8 Å². The van der Waals surface area contributed by atoms with Gasteiger partial charge in [0.15, 0.2) is 15.1 Å². The molecule has 1 aliphatic heterocycles. The van der Waals surface area contributed by atoms with Crippen molar-refractivity contribution in [1.29, 1.82) is 0 Å². The molecule has 0 radical (unpaired) electrons. The number of esters is 1. The number of carbonyl (C=O) groups excluding carboxylic acids is 1. The summed E-state index contributed by atoms with van der Waals surface area (Å²) in [4.78, 5) is 50.2. The highest BCUT2D eigenvalue weighted by Crippen LogP contribution is 2.34. The average Bonchev–Trinajstić information content (AvgIpc) is 3.36. The molecule has 9 nitrogen and oxygen atoms in total. The number of rotatable bonds is 6. The van der Waals surface area contributed by atoms with Crippen LogP contribution in [0.1, 0.15) is 36.9 Å². The number of H-pyrrole nitrogens is 1. The molecule has 4 heterocycles. The highest BCUT2D eigenvalue weighted by Gasteiger charge is 2.33. The summed E-state index contributed by atoms with van der Waals surface area (Å²) in [5, 5.41) is 0.801. The molecular weight excluding hydrogens is 611 g/mol. The number of halogens is 2. The standard InChI is InChI=1S/C26H20BrFN4O5S2/c1-4-36-23(35)20-13(3)30-26-32(21(20)14-5-7-15(28)8-6-14)22(34)18(38-26)11-16-10-17(27)24(37-16)39-25-29-12(2)9-19(33)31-25/h5-11,21H,4H2,1-3H3,(H,29,31,33)/b18-11+/t21-/m0/s1. The van der Waals surface area contributed by atoms with Crippen LogP contribution in [0.3, 0.4) is 0 Å². The first-order valence-corrected chi connectivity index (χ1v) is 14.1. The third-order valence-corrected chi connectivity index (χ3v) is 8.40. The Morgan fingerprint density at radius 3 is 2.72 bits per heavy atom. The van der Waals surface area contributed by atoms with Crippen molar-refractivity contribution >= 4 is 51.1 Å². The van der Waals surface area contributed by atoms with E-state index in [1.807, 2.05) is 0 Å². The Labute approximate surface area is 236 Å². The van der Waals surface area contributed by atoms with Gasteiger partial charge in [-0.25, -0.2) is 19.2 Å². The maximum Gasteiger partial charge on any atom is 0.338 e. The van der Waals surface area contributed by atoms with Crippen LogP contribution in [0.25, 0.3) is 6.08 Å². The van der Waals surface area contributed by atoms with Crippen LogP contribution in [0.5, 0.6) is 0 Å². The van der Waals surface area contributed by atoms with Crippen molar-refractivity contribution in [3.05, 3.63) is 105 Å². The van der Waals surface area contributed by atoms with Gasteiger partial charge in [0.05, 0.1) is 32.9 Å². The number of nitrogens with one attached hydrogen (secondary N) is 1. The predicted octanol–water partition coefficient (Wildman–Crippen LogP) is 3.84. The van der Waals surface area contributed by atoms with Crippen LogP contribution in [0, 0.1) is 12.7 Å². The van der Waals surface area contributed by atoms with Gasteiger partial charge in [0.1, 0.15) is 11.6 Å². The third-order valence-electron chi connectivity index (χ3n) is 5.69. The van der Waals surface area contributed by atoms with Crippen molar-refractivity contribution in [3.8, 4) is 0 Å².